The molecule has 0 saturated carbocycles. The molecule has 6 rings (SSSR count). The topological polar surface area (TPSA) is 49.9 Å². The van der Waals surface area contributed by atoms with Crippen molar-refractivity contribution in [3.63, 3.8) is 0 Å². The number of fused-ring (bicyclic) bond motifs is 1. The summed E-state index contributed by atoms with van der Waals surface area (Å²) >= 11 is 0. The van der Waals surface area contributed by atoms with E-state index in [0.29, 0.717) is 18.2 Å². The summed E-state index contributed by atoms with van der Waals surface area (Å²) in [5.41, 5.74) is 5.04. The first kappa shape index (κ1) is 21.1. The summed E-state index contributed by atoms with van der Waals surface area (Å²) in [6, 6.07) is 21.6. The molecule has 2 aliphatic heterocycles. The monoisotopic (exact) mass is 452 g/mol. The van der Waals surface area contributed by atoms with Gasteiger partial charge in [-0.3, -0.25) is 9.69 Å². The molecule has 1 saturated heterocycles. The van der Waals surface area contributed by atoms with Crippen molar-refractivity contribution in [2.45, 2.75) is 38.3 Å². The molecule has 2 heterocycles. The number of piperidine rings is 1. The molecular formula is C29H28N2O3. The first-order chi connectivity index (χ1) is 16.7. The van der Waals surface area contributed by atoms with Gasteiger partial charge in [-0.2, -0.15) is 0 Å². The molecule has 0 bridgehead atoms. The van der Waals surface area contributed by atoms with Crippen LogP contribution in [0.25, 0.3) is 16.3 Å². The molecule has 1 fully saturated rings. The van der Waals surface area contributed by atoms with Gasteiger partial charge in [0.15, 0.2) is 0 Å². The zero-order chi connectivity index (χ0) is 23.2. The van der Waals surface area contributed by atoms with Crippen LogP contribution in [0, 0.1) is 0 Å². The number of anilines is 1. The average molecular weight is 453 g/mol. The van der Waals surface area contributed by atoms with Crippen molar-refractivity contribution in [1.29, 1.82) is 0 Å². The van der Waals surface area contributed by atoms with Crippen molar-refractivity contribution in [3.8, 4) is 0 Å². The zero-order valence-corrected chi connectivity index (χ0v) is 19.4. The number of rotatable bonds is 4. The van der Waals surface area contributed by atoms with Crippen LogP contribution in [0.15, 0.2) is 66.7 Å². The fourth-order valence-electron chi connectivity index (χ4n) is 6.07. The number of likely N-dealkylation sites (tertiary alicyclic amines) is 1. The number of para-hydroxylation sites is 1. The maximum Gasteiger partial charge on any atom is 0.331 e. The highest BCUT2D eigenvalue weighted by atomic mass is 16.5. The maximum absolute atomic E-state index is 13.5. The molecule has 5 nitrogen and oxygen atoms in total. The summed E-state index contributed by atoms with van der Waals surface area (Å²) in [6.45, 7) is 3.95. The lowest BCUT2D eigenvalue weighted by atomic mass is 9.98. The van der Waals surface area contributed by atoms with Gasteiger partial charge >= 0.3 is 5.97 Å². The van der Waals surface area contributed by atoms with E-state index in [-0.39, 0.29) is 11.9 Å². The molecule has 3 aliphatic rings. The molecule has 0 spiro atoms. The normalized spacial score (nSPS) is 21.4. The second-order valence-corrected chi connectivity index (χ2v) is 9.35. The van der Waals surface area contributed by atoms with E-state index in [1.165, 1.54) is 28.0 Å². The number of esters is 1. The Morgan fingerprint density at radius 1 is 1.03 bits per heavy atom. The van der Waals surface area contributed by atoms with Gasteiger partial charge < -0.3 is 9.64 Å². The molecule has 1 aliphatic carbocycles. The van der Waals surface area contributed by atoms with Gasteiger partial charge in [-0.1, -0.05) is 54.6 Å². The quantitative estimate of drug-likeness (QED) is 0.418. The smallest absolute Gasteiger partial charge is 0.331 e. The van der Waals surface area contributed by atoms with Crippen molar-refractivity contribution >= 4 is 33.9 Å². The van der Waals surface area contributed by atoms with E-state index in [4.69, 9.17) is 4.74 Å². The van der Waals surface area contributed by atoms with Crippen LogP contribution in [0.5, 0.6) is 0 Å². The molecule has 3 aromatic rings. The Kier molecular flexibility index (Phi) is 5.22. The van der Waals surface area contributed by atoms with E-state index in [9.17, 15) is 9.59 Å². The number of benzene rings is 3. The Balaban J connectivity index is 1.22. The Bertz CT molecular complexity index is 1310. The van der Waals surface area contributed by atoms with Crippen molar-refractivity contribution in [3.05, 3.63) is 83.4 Å². The number of carbonyl (C=O) groups is 2. The highest BCUT2D eigenvalue weighted by molar-refractivity contribution is 6.34. The van der Waals surface area contributed by atoms with Crippen LogP contribution in [0.4, 0.5) is 5.69 Å². The molecule has 34 heavy (non-hydrogen) atoms. The Morgan fingerprint density at radius 2 is 1.79 bits per heavy atom. The Hall–Kier alpha value is -3.44. The van der Waals surface area contributed by atoms with Crippen molar-refractivity contribution in [2.75, 3.05) is 24.6 Å². The van der Waals surface area contributed by atoms with E-state index >= 15 is 0 Å². The third kappa shape index (κ3) is 3.34. The first-order valence-corrected chi connectivity index (χ1v) is 12.2. The number of ether oxygens (including phenoxy) is 1. The van der Waals surface area contributed by atoms with Crippen LogP contribution in [-0.4, -0.2) is 42.5 Å². The molecular weight excluding hydrogens is 424 g/mol. The summed E-state index contributed by atoms with van der Waals surface area (Å²) in [5.74, 6) is -0.557. The highest BCUT2D eigenvalue weighted by Gasteiger charge is 2.40. The van der Waals surface area contributed by atoms with E-state index in [2.05, 4.69) is 41.3 Å². The van der Waals surface area contributed by atoms with Gasteiger partial charge in [0.05, 0.1) is 17.9 Å². The molecule has 172 valence electrons. The zero-order valence-electron chi connectivity index (χ0n) is 19.4. The maximum atomic E-state index is 13.5. The predicted octanol–water partition coefficient (Wildman–Crippen LogP) is 4.89. The predicted molar refractivity (Wildman–Crippen MR) is 134 cm³/mol. The van der Waals surface area contributed by atoms with Gasteiger partial charge in [0.2, 0.25) is 0 Å². The van der Waals surface area contributed by atoms with Gasteiger partial charge in [0.1, 0.15) is 0 Å². The highest BCUT2D eigenvalue weighted by Crippen LogP contribution is 2.43. The van der Waals surface area contributed by atoms with Crippen LogP contribution >= 0.6 is 0 Å². The van der Waals surface area contributed by atoms with Gasteiger partial charge in [0.25, 0.3) is 5.91 Å². The summed E-state index contributed by atoms with van der Waals surface area (Å²) in [5, 5.41) is 2.75. The van der Waals surface area contributed by atoms with Crippen LogP contribution in [0.3, 0.4) is 0 Å². The van der Waals surface area contributed by atoms with E-state index < -0.39 is 5.97 Å². The molecule has 1 atom stereocenters. The molecule has 0 radical (unpaired) electrons. The lowest BCUT2D eigenvalue weighted by Crippen LogP contribution is -2.47. The van der Waals surface area contributed by atoms with Crippen LogP contribution in [0.1, 0.15) is 42.5 Å². The SMILES string of the molecule is CCOC(=O)C=C1C(=O)N(C2CCN(C3Cc4cccc5cccc3c45)CC2)c2ccccc21. The first-order valence-electron chi connectivity index (χ1n) is 12.2. The van der Waals surface area contributed by atoms with Crippen LogP contribution < -0.4 is 4.90 Å². The van der Waals surface area contributed by atoms with E-state index in [1.54, 1.807) is 6.92 Å². The summed E-state index contributed by atoms with van der Waals surface area (Å²) in [7, 11) is 0. The summed E-state index contributed by atoms with van der Waals surface area (Å²) in [4.78, 5) is 30.1. The largest absolute Gasteiger partial charge is 0.463 e. The average Bonchev–Trinajstić information content (AvgIpc) is 3.37. The fraction of sp³-hybridized carbons (Fsp3) is 0.310. The Morgan fingerprint density at radius 3 is 2.59 bits per heavy atom. The fourth-order valence-corrected chi connectivity index (χ4v) is 6.07. The lowest BCUT2D eigenvalue weighted by Gasteiger charge is -2.39. The van der Waals surface area contributed by atoms with Crippen molar-refractivity contribution in [2.24, 2.45) is 0 Å². The van der Waals surface area contributed by atoms with Crippen LogP contribution in [0.2, 0.25) is 0 Å². The molecule has 0 aromatic heterocycles. The van der Waals surface area contributed by atoms with Gasteiger partial charge in [-0.15, -0.1) is 0 Å². The minimum Gasteiger partial charge on any atom is -0.463 e. The third-order valence-electron chi connectivity index (χ3n) is 7.55. The molecule has 3 aromatic carbocycles. The van der Waals surface area contributed by atoms with Gasteiger partial charge in [0, 0.05) is 36.8 Å². The third-order valence-corrected chi connectivity index (χ3v) is 7.55. The summed E-state index contributed by atoms with van der Waals surface area (Å²) in [6.07, 6.45) is 4.24. The van der Waals surface area contributed by atoms with E-state index in [1.807, 2.05) is 29.2 Å². The number of hydrogen-bond acceptors (Lipinski definition) is 4. The second-order valence-electron chi connectivity index (χ2n) is 9.35. The molecule has 0 N–H and O–H groups in total. The van der Waals surface area contributed by atoms with E-state index in [0.717, 1.165) is 43.6 Å². The van der Waals surface area contributed by atoms with Crippen molar-refractivity contribution in [1.82, 2.24) is 4.90 Å². The summed E-state index contributed by atoms with van der Waals surface area (Å²) < 4.78 is 5.08. The van der Waals surface area contributed by atoms with Gasteiger partial charge in [-0.25, -0.2) is 4.79 Å². The number of carbonyl (C=O) groups excluding carboxylic acids is 2. The number of amides is 1. The molecule has 1 unspecified atom stereocenters. The number of nitrogens with zero attached hydrogens (tertiary/aromatic N) is 2. The number of hydrogen-bond donors (Lipinski definition) is 0. The lowest BCUT2D eigenvalue weighted by molar-refractivity contribution is -0.137. The van der Waals surface area contributed by atoms with Crippen LogP contribution in [-0.2, 0) is 20.7 Å². The molecule has 1 amide bonds. The molecule has 5 heteroatoms. The standard InChI is InChI=1S/C29H28N2O3/c1-2-34-27(32)18-24-22-10-3-4-12-25(22)31(29(24)33)21-13-15-30(16-14-21)26-17-20-9-5-7-19-8-6-11-23(26)28(19)20/h3-12,18,21,26H,2,13-17H2,1H3. The minimum atomic E-state index is -0.465. The van der Waals surface area contributed by atoms with Crippen molar-refractivity contribution < 1.29 is 14.3 Å². The minimum absolute atomic E-state index is 0.0919. The second kappa shape index (κ2) is 8.41. The Labute approximate surface area is 199 Å². The van der Waals surface area contributed by atoms with Gasteiger partial charge in [-0.05, 0) is 54.2 Å².